The third kappa shape index (κ3) is 3.53. The van der Waals surface area contributed by atoms with E-state index in [1.54, 1.807) is 34.6 Å². The van der Waals surface area contributed by atoms with Crippen LogP contribution in [-0.2, 0) is 4.57 Å². The van der Waals surface area contributed by atoms with Gasteiger partial charge in [0.25, 0.3) is 7.44 Å². The summed E-state index contributed by atoms with van der Waals surface area (Å²) in [5, 5.41) is 8.49. The molecule has 5 rings (SSSR count). The van der Waals surface area contributed by atoms with Crippen molar-refractivity contribution in [2.24, 2.45) is 4.99 Å². The van der Waals surface area contributed by atoms with E-state index < -0.39 is 13.3 Å². The fourth-order valence-corrected chi connectivity index (χ4v) is 6.53. The average Bonchev–Trinajstić information content (AvgIpc) is 3.17. The van der Waals surface area contributed by atoms with Crippen molar-refractivity contribution in [2.75, 3.05) is 12.1 Å². The number of amidine groups is 1. The number of halogens is 1. The first-order valence-corrected chi connectivity index (χ1v) is 12.6. The molecule has 6 nitrogen and oxygen atoms in total. The Balaban J connectivity index is 1.76. The highest BCUT2D eigenvalue weighted by Crippen LogP contribution is 2.54. The molecule has 3 aromatic carbocycles. The SMILES string of the molecule is Cc1ccc(N[P@]2(=O)c3c(C)nn(-c4ccccc4)c3N=C(c3ccccc3F)N2C)cc1C. The van der Waals surface area contributed by atoms with Crippen LogP contribution < -0.4 is 10.4 Å². The maximum absolute atomic E-state index is 14.9. The molecule has 1 aliphatic rings. The van der Waals surface area contributed by atoms with E-state index in [9.17, 15) is 8.96 Å². The molecule has 0 saturated heterocycles. The van der Waals surface area contributed by atoms with E-state index in [2.05, 4.69) is 5.09 Å². The first kappa shape index (κ1) is 22.1. The zero-order valence-corrected chi connectivity index (χ0v) is 20.3. The van der Waals surface area contributed by atoms with Gasteiger partial charge in [-0.05, 0) is 68.3 Å². The monoisotopic (exact) mass is 473 g/mol. The third-order valence-electron chi connectivity index (χ3n) is 6.15. The van der Waals surface area contributed by atoms with Crippen LogP contribution in [0.15, 0.2) is 77.8 Å². The van der Waals surface area contributed by atoms with Gasteiger partial charge in [0.2, 0.25) is 0 Å². The van der Waals surface area contributed by atoms with Crippen LogP contribution in [0.3, 0.4) is 0 Å². The van der Waals surface area contributed by atoms with Gasteiger partial charge in [0.15, 0.2) is 5.82 Å². The summed E-state index contributed by atoms with van der Waals surface area (Å²) in [5.74, 6) is 0.277. The van der Waals surface area contributed by atoms with Crippen molar-refractivity contribution < 1.29 is 8.96 Å². The summed E-state index contributed by atoms with van der Waals surface area (Å²) in [6.45, 7) is 5.87. The molecule has 0 saturated carbocycles. The van der Waals surface area contributed by atoms with Crippen LogP contribution in [0.25, 0.3) is 5.69 Å². The molecule has 0 bridgehead atoms. The van der Waals surface area contributed by atoms with Crippen LogP contribution in [0, 0.1) is 26.6 Å². The van der Waals surface area contributed by atoms with Gasteiger partial charge in [-0.1, -0.05) is 36.4 Å². The minimum atomic E-state index is -3.53. The number of nitrogens with zero attached hydrogens (tertiary/aromatic N) is 4. The van der Waals surface area contributed by atoms with Gasteiger partial charge < -0.3 is 5.09 Å². The van der Waals surface area contributed by atoms with Crippen LogP contribution in [0.5, 0.6) is 0 Å². The Morgan fingerprint density at radius 3 is 2.32 bits per heavy atom. The summed E-state index contributed by atoms with van der Waals surface area (Å²) in [5.41, 5.74) is 4.59. The normalized spacial score (nSPS) is 17.3. The predicted molar refractivity (Wildman–Crippen MR) is 135 cm³/mol. The molecule has 0 spiro atoms. The standard InChI is InChI=1S/C26H25FN5OP/c1-17-14-15-20(16-18(17)2)30-34(33)24-19(3)29-32(21-10-6-5-7-11-21)26(24)28-25(31(34)4)22-12-8-9-13-23(22)27/h5-16H,1-4H3,(H,30,33)/t34-/m1/s1. The van der Waals surface area contributed by atoms with Gasteiger partial charge in [-0.15, -0.1) is 0 Å². The maximum Gasteiger partial charge on any atom is 0.296 e. The summed E-state index contributed by atoms with van der Waals surface area (Å²) >= 11 is 0. The van der Waals surface area contributed by atoms with E-state index in [4.69, 9.17) is 10.1 Å². The lowest BCUT2D eigenvalue weighted by Gasteiger charge is -2.35. The Morgan fingerprint density at radius 1 is 0.912 bits per heavy atom. The largest absolute Gasteiger partial charge is 0.317 e. The van der Waals surface area contributed by atoms with Gasteiger partial charge in [0, 0.05) is 12.7 Å². The first-order chi connectivity index (χ1) is 16.3. The fourth-order valence-electron chi connectivity index (χ4n) is 4.16. The summed E-state index contributed by atoms with van der Waals surface area (Å²) in [7, 11) is -1.84. The summed E-state index contributed by atoms with van der Waals surface area (Å²) in [6, 6.07) is 21.8. The lowest BCUT2D eigenvalue weighted by Crippen LogP contribution is -2.37. The molecular weight excluding hydrogens is 448 g/mol. The molecule has 8 heteroatoms. The molecule has 2 heterocycles. The Hall–Kier alpha value is -3.70. The van der Waals surface area contributed by atoms with E-state index in [0.717, 1.165) is 16.8 Å². The van der Waals surface area contributed by atoms with Crippen LogP contribution >= 0.6 is 7.44 Å². The molecule has 1 N–H and O–H groups in total. The van der Waals surface area contributed by atoms with Crippen molar-refractivity contribution in [3.8, 4) is 5.69 Å². The number of hydrogen-bond acceptors (Lipinski definition) is 3. The molecule has 4 aromatic rings. The molecule has 0 amide bonds. The van der Waals surface area contributed by atoms with Crippen LogP contribution in [0.1, 0.15) is 22.4 Å². The van der Waals surface area contributed by atoms with E-state index in [1.807, 2.05) is 69.3 Å². The molecule has 0 radical (unpaired) electrons. The molecule has 172 valence electrons. The number of benzene rings is 3. The number of rotatable bonds is 4. The van der Waals surface area contributed by atoms with Gasteiger partial charge >= 0.3 is 0 Å². The van der Waals surface area contributed by atoms with Crippen molar-refractivity contribution >= 4 is 30.1 Å². The highest BCUT2D eigenvalue weighted by molar-refractivity contribution is 7.72. The zero-order chi connectivity index (χ0) is 24.0. The van der Waals surface area contributed by atoms with E-state index in [0.29, 0.717) is 22.5 Å². The minimum Gasteiger partial charge on any atom is -0.317 e. The second-order valence-electron chi connectivity index (χ2n) is 8.43. The number of aromatic nitrogens is 2. The zero-order valence-electron chi connectivity index (χ0n) is 19.5. The van der Waals surface area contributed by atoms with Crippen molar-refractivity contribution in [1.29, 1.82) is 0 Å². The predicted octanol–water partition coefficient (Wildman–Crippen LogP) is 5.89. The molecule has 0 unspecified atom stereocenters. The van der Waals surface area contributed by atoms with E-state index >= 15 is 0 Å². The van der Waals surface area contributed by atoms with E-state index in [1.165, 1.54) is 6.07 Å². The molecule has 34 heavy (non-hydrogen) atoms. The summed E-state index contributed by atoms with van der Waals surface area (Å²) in [6.07, 6.45) is 0. The molecule has 0 fully saturated rings. The molecule has 1 aromatic heterocycles. The quantitative estimate of drug-likeness (QED) is 0.376. The highest BCUT2D eigenvalue weighted by atomic mass is 31.2. The summed E-state index contributed by atoms with van der Waals surface area (Å²) < 4.78 is 33.0. The van der Waals surface area contributed by atoms with Crippen LogP contribution in [0.2, 0.25) is 0 Å². The number of anilines is 1. The fraction of sp³-hybridized carbons (Fsp3) is 0.154. The molecular formula is C26H25FN5OP. The highest BCUT2D eigenvalue weighted by Gasteiger charge is 2.43. The van der Waals surface area contributed by atoms with Crippen molar-refractivity contribution in [1.82, 2.24) is 14.5 Å². The van der Waals surface area contributed by atoms with Crippen LogP contribution in [-0.4, -0.2) is 27.3 Å². The van der Waals surface area contributed by atoms with Gasteiger partial charge in [-0.3, -0.25) is 9.24 Å². The Kier molecular flexibility index (Phi) is 5.37. The first-order valence-electron chi connectivity index (χ1n) is 11.0. The number of nitrogens with one attached hydrogen (secondary N) is 1. The van der Waals surface area contributed by atoms with Crippen LogP contribution in [0.4, 0.5) is 15.9 Å². The Bertz CT molecular complexity index is 1480. The third-order valence-corrected chi connectivity index (χ3v) is 8.88. The van der Waals surface area contributed by atoms with Crippen molar-refractivity contribution in [3.05, 3.63) is 101 Å². The second-order valence-corrected chi connectivity index (χ2v) is 10.9. The average molecular weight is 473 g/mol. The van der Waals surface area contributed by atoms with Gasteiger partial charge in [-0.25, -0.2) is 14.1 Å². The number of fused-ring (bicyclic) bond motifs is 1. The van der Waals surface area contributed by atoms with Crippen molar-refractivity contribution in [2.45, 2.75) is 20.8 Å². The van der Waals surface area contributed by atoms with Crippen molar-refractivity contribution in [3.63, 3.8) is 0 Å². The lowest BCUT2D eigenvalue weighted by atomic mass is 10.1. The topological polar surface area (TPSA) is 62.5 Å². The second kappa shape index (κ2) is 8.26. The lowest BCUT2D eigenvalue weighted by molar-refractivity contribution is 0.552. The number of para-hydroxylation sites is 1. The molecule has 1 aliphatic heterocycles. The maximum atomic E-state index is 14.9. The smallest absolute Gasteiger partial charge is 0.296 e. The minimum absolute atomic E-state index is 0.274. The van der Waals surface area contributed by atoms with Gasteiger partial charge in [-0.2, -0.15) is 5.10 Å². The molecule has 1 atom stereocenters. The summed E-state index contributed by atoms with van der Waals surface area (Å²) in [4.78, 5) is 4.81. The van der Waals surface area contributed by atoms with Gasteiger partial charge in [0.05, 0.1) is 16.9 Å². The number of hydrogen-bond donors (Lipinski definition) is 1. The Labute approximate surface area is 198 Å². The number of aliphatic imine (C=N–C) groups is 1. The van der Waals surface area contributed by atoms with E-state index in [-0.39, 0.29) is 11.4 Å². The molecule has 0 aliphatic carbocycles. The Morgan fingerprint density at radius 2 is 1.62 bits per heavy atom. The number of aryl methyl sites for hydroxylation is 3. The van der Waals surface area contributed by atoms with Gasteiger partial charge in [0.1, 0.15) is 17.0 Å².